The third-order valence-corrected chi connectivity index (χ3v) is 3.14. The van der Waals surface area contributed by atoms with Gasteiger partial charge in [-0.2, -0.15) is 0 Å². The number of methoxy groups -OCH3 is 2. The molecule has 0 saturated heterocycles. The second-order valence-electron chi connectivity index (χ2n) is 4.68. The Bertz CT molecular complexity index is 595. The molecular formula is C18H20O4. The van der Waals surface area contributed by atoms with Crippen LogP contribution < -0.4 is 9.47 Å². The molecule has 0 bridgehead atoms. The van der Waals surface area contributed by atoms with Crippen molar-refractivity contribution in [2.24, 2.45) is 0 Å². The number of hydrogen-bond acceptors (Lipinski definition) is 4. The fourth-order valence-corrected chi connectivity index (χ4v) is 2.01. The minimum Gasteiger partial charge on any atom is -0.502 e. The van der Waals surface area contributed by atoms with Crippen molar-refractivity contribution in [2.45, 2.75) is 6.61 Å². The Hall–Kier alpha value is -2.46. The predicted octanol–water partition coefficient (Wildman–Crippen LogP) is 3.64. The van der Waals surface area contributed by atoms with Crippen LogP contribution in [0.5, 0.6) is 17.2 Å². The highest BCUT2D eigenvalue weighted by atomic mass is 16.5. The maximum absolute atomic E-state index is 9.85. The molecule has 116 valence electrons. The highest BCUT2D eigenvalue weighted by Gasteiger charge is 2.09. The summed E-state index contributed by atoms with van der Waals surface area (Å²) in [4.78, 5) is 0. The van der Waals surface area contributed by atoms with E-state index in [9.17, 15) is 5.11 Å². The zero-order chi connectivity index (χ0) is 15.8. The first-order chi connectivity index (χ1) is 10.7. The molecule has 22 heavy (non-hydrogen) atoms. The average molecular weight is 300 g/mol. The molecule has 0 atom stereocenters. The van der Waals surface area contributed by atoms with Crippen molar-refractivity contribution in [1.82, 2.24) is 0 Å². The lowest BCUT2D eigenvalue weighted by molar-refractivity contribution is 0.149. The van der Waals surface area contributed by atoms with Gasteiger partial charge >= 0.3 is 0 Å². The minimum absolute atomic E-state index is 0.00229. The third kappa shape index (κ3) is 4.27. The van der Waals surface area contributed by atoms with E-state index in [0.29, 0.717) is 24.7 Å². The van der Waals surface area contributed by atoms with E-state index >= 15 is 0 Å². The van der Waals surface area contributed by atoms with Gasteiger partial charge in [0.05, 0.1) is 27.4 Å². The number of phenolic OH excluding ortho intramolecular Hbond substituents is 1. The molecule has 0 aromatic heterocycles. The number of rotatable bonds is 7. The SMILES string of the molecule is COc1cc(C=CCOCc2ccccc2)cc(OC)c1O. The van der Waals surface area contributed by atoms with Gasteiger partial charge in [0.25, 0.3) is 0 Å². The molecule has 0 spiro atoms. The number of hydrogen-bond donors (Lipinski definition) is 1. The summed E-state index contributed by atoms with van der Waals surface area (Å²) < 4.78 is 15.8. The fourth-order valence-electron chi connectivity index (χ4n) is 2.01. The summed E-state index contributed by atoms with van der Waals surface area (Å²) in [6, 6.07) is 13.5. The summed E-state index contributed by atoms with van der Waals surface area (Å²) in [5.74, 6) is 0.760. The van der Waals surface area contributed by atoms with Gasteiger partial charge in [0.1, 0.15) is 0 Å². The van der Waals surface area contributed by atoms with Gasteiger partial charge in [-0.15, -0.1) is 0 Å². The number of ether oxygens (including phenoxy) is 3. The van der Waals surface area contributed by atoms with Crippen LogP contribution in [0.1, 0.15) is 11.1 Å². The number of aromatic hydroxyl groups is 1. The van der Waals surface area contributed by atoms with E-state index in [-0.39, 0.29) is 5.75 Å². The monoisotopic (exact) mass is 300 g/mol. The summed E-state index contributed by atoms with van der Waals surface area (Å²) in [6.45, 7) is 1.08. The molecule has 0 aliphatic carbocycles. The summed E-state index contributed by atoms with van der Waals surface area (Å²) in [7, 11) is 3.01. The van der Waals surface area contributed by atoms with Crippen LogP contribution in [-0.4, -0.2) is 25.9 Å². The molecule has 0 unspecified atom stereocenters. The quantitative estimate of drug-likeness (QED) is 0.793. The van der Waals surface area contributed by atoms with E-state index in [0.717, 1.165) is 11.1 Å². The molecule has 0 amide bonds. The fraction of sp³-hybridized carbons (Fsp3) is 0.222. The van der Waals surface area contributed by atoms with Gasteiger partial charge in [0, 0.05) is 0 Å². The Morgan fingerprint density at radius 1 is 1.00 bits per heavy atom. The van der Waals surface area contributed by atoms with E-state index in [1.807, 2.05) is 42.5 Å². The van der Waals surface area contributed by atoms with Crippen LogP contribution in [-0.2, 0) is 11.3 Å². The van der Waals surface area contributed by atoms with Gasteiger partial charge in [-0.25, -0.2) is 0 Å². The van der Waals surface area contributed by atoms with Crippen LogP contribution in [0.3, 0.4) is 0 Å². The molecule has 2 aromatic carbocycles. The maximum atomic E-state index is 9.85. The summed E-state index contributed by atoms with van der Waals surface area (Å²) in [6.07, 6.45) is 3.81. The first-order valence-electron chi connectivity index (χ1n) is 6.97. The Labute approximate surface area is 130 Å². The highest BCUT2D eigenvalue weighted by molar-refractivity contribution is 5.61. The predicted molar refractivity (Wildman–Crippen MR) is 86.3 cm³/mol. The van der Waals surface area contributed by atoms with Crippen molar-refractivity contribution in [3.05, 3.63) is 59.7 Å². The normalized spacial score (nSPS) is 10.8. The first kappa shape index (κ1) is 15.9. The van der Waals surface area contributed by atoms with Crippen molar-refractivity contribution in [3.63, 3.8) is 0 Å². The van der Waals surface area contributed by atoms with Crippen molar-refractivity contribution in [1.29, 1.82) is 0 Å². The lowest BCUT2D eigenvalue weighted by atomic mass is 10.1. The van der Waals surface area contributed by atoms with Gasteiger partial charge in [-0.1, -0.05) is 42.5 Å². The van der Waals surface area contributed by atoms with Crippen LogP contribution in [0.4, 0.5) is 0 Å². The molecule has 0 heterocycles. The molecule has 0 aliphatic heterocycles. The zero-order valence-corrected chi connectivity index (χ0v) is 12.8. The van der Waals surface area contributed by atoms with E-state index < -0.39 is 0 Å². The molecule has 2 rings (SSSR count). The van der Waals surface area contributed by atoms with Gasteiger partial charge in [-0.3, -0.25) is 0 Å². The van der Waals surface area contributed by atoms with Gasteiger partial charge in [-0.05, 0) is 23.3 Å². The van der Waals surface area contributed by atoms with Crippen LogP contribution in [0, 0.1) is 0 Å². The Morgan fingerprint density at radius 2 is 1.64 bits per heavy atom. The summed E-state index contributed by atoms with van der Waals surface area (Å²) in [5.41, 5.74) is 2.01. The molecule has 1 N–H and O–H groups in total. The van der Waals surface area contributed by atoms with E-state index in [1.165, 1.54) is 14.2 Å². The summed E-state index contributed by atoms with van der Waals surface area (Å²) in [5, 5.41) is 9.85. The molecule has 0 radical (unpaired) electrons. The van der Waals surface area contributed by atoms with Crippen LogP contribution in [0.15, 0.2) is 48.5 Å². The van der Waals surface area contributed by atoms with Crippen molar-refractivity contribution in [3.8, 4) is 17.2 Å². The second-order valence-corrected chi connectivity index (χ2v) is 4.68. The molecule has 4 heteroatoms. The lowest BCUT2D eigenvalue weighted by Crippen LogP contribution is -1.92. The molecular weight excluding hydrogens is 280 g/mol. The lowest BCUT2D eigenvalue weighted by Gasteiger charge is -2.09. The molecule has 4 nitrogen and oxygen atoms in total. The molecule has 0 fully saturated rings. The average Bonchev–Trinajstić information content (AvgIpc) is 2.56. The smallest absolute Gasteiger partial charge is 0.200 e. The van der Waals surface area contributed by atoms with E-state index in [4.69, 9.17) is 14.2 Å². The Morgan fingerprint density at radius 3 is 2.23 bits per heavy atom. The maximum Gasteiger partial charge on any atom is 0.200 e. The number of benzene rings is 2. The largest absolute Gasteiger partial charge is 0.502 e. The van der Waals surface area contributed by atoms with Crippen LogP contribution >= 0.6 is 0 Å². The van der Waals surface area contributed by atoms with Crippen LogP contribution in [0.25, 0.3) is 6.08 Å². The topological polar surface area (TPSA) is 47.9 Å². The van der Waals surface area contributed by atoms with Crippen molar-refractivity contribution >= 4 is 6.08 Å². The highest BCUT2D eigenvalue weighted by Crippen LogP contribution is 2.37. The van der Waals surface area contributed by atoms with E-state index in [1.54, 1.807) is 12.1 Å². The first-order valence-corrected chi connectivity index (χ1v) is 6.97. The minimum atomic E-state index is 0.00229. The van der Waals surface area contributed by atoms with Crippen LogP contribution in [0.2, 0.25) is 0 Å². The van der Waals surface area contributed by atoms with Crippen molar-refractivity contribution < 1.29 is 19.3 Å². The Balaban J connectivity index is 1.92. The van der Waals surface area contributed by atoms with Gasteiger partial charge in [0.15, 0.2) is 11.5 Å². The zero-order valence-electron chi connectivity index (χ0n) is 12.8. The van der Waals surface area contributed by atoms with Gasteiger partial charge < -0.3 is 19.3 Å². The van der Waals surface area contributed by atoms with E-state index in [2.05, 4.69) is 0 Å². The molecule has 0 saturated carbocycles. The van der Waals surface area contributed by atoms with Crippen molar-refractivity contribution in [2.75, 3.05) is 20.8 Å². The summed E-state index contributed by atoms with van der Waals surface area (Å²) >= 11 is 0. The molecule has 2 aromatic rings. The Kier molecular flexibility index (Phi) is 5.86. The molecule has 0 aliphatic rings. The third-order valence-electron chi connectivity index (χ3n) is 3.14. The van der Waals surface area contributed by atoms with Gasteiger partial charge in [0.2, 0.25) is 5.75 Å². The number of phenols is 1. The second kappa shape index (κ2) is 8.10. The standard InChI is InChI=1S/C18H20O4/c1-20-16-11-15(12-17(21-2)18(16)19)9-6-10-22-13-14-7-4-3-5-8-14/h3-9,11-12,19H,10,13H2,1-2H3.